The van der Waals surface area contributed by atoms with Crippen molar-refractivity contribution in [2.24, 2.45) is 5.41 Å². The Labute approximate surface area is 102 Å². The number of methoxy groups -OCH3 is 1. The van der Waals surface area contributed by atoms with Gasteiger partial charge in [0.05, 0.1) is 12.5 Å². The van der Waals surface area contributed by atoms with E-state index in [1.165, 1.54) is 7.11 Å². The number of hydrogen-bond donors (Lipinski definition) is 0. The summed E-state index contributed by atoms with van der Waals surface area (Å²) in [4.78, 5) is 23.8. The molecule has 0 bridgehead atoms. The standard InChI is InChI=1S/C14H20O3/c1-17-13(16)14-8-4-2-3-6-11(14)10-12(15)7-5-9-14/h10H,2-9H2,1H3. The number of allylic oxidation sites excluding steroid dienone is 1. The van der Waals surface area contributed by atoms with E-state index < -0.39 is 5.41 Å². The van der Waals surface area contributed by atoms with Gasteiger partial charge < -0.3 is 4.74 Å². The van der Waals surface area contributed by atoms with Crippen molar-refractivity contribution >= 4 is 11.8 Å². The summed E-state index contributed by atoms with van der Waals surface area (Å²) < 4.78 is 5.01. The van der Waals surface area contributed by atoms with Crippen molar-refractivity contribution in [3.63, 3.8) is 0 Å². The Morgan fingerprint density at radius 1 is 1.18 bits per heavy atom. The average molecular weight is 236 g/mol. The van der Waals surface area contributed by atoms with Gasteiger partial charge in [0.15, 0.2) is 5.78 Å². The fraction of sp³-hybridized carbons (Fsp3) is 0.714. The van der Waals surface area contributed by atoms with Crippen LogP contribution in [-0.2, 0) is 14.3 Å². The van der Waals surface area contributed by atoms with Crippen LogP contribution in [0, 0.1) is 5.41 Å². The third kappa shape index (κ3) is 2.28. The number of carbonyl (C=O) groups excluding carboxylic acids is 2. The first-order chi connectivity index (χ1) is 8.19. The third-order valence-electron chi connectivity index (χ3n) is 4.10. The Balaban J connectivity index is 2.41. The van der Waals surface area contributed by atoms with Gasteiger partial charge in [-0.25, -0.2) is 0 Å². The van der Waals surface area contributed by atoms with E-state index in [0.717, 1.165) is 50.5 Å². The lowest BCUT2D eigenvalue weighted by molar-refractivity contribution is -0.151. The summed E-state index contributed by atoms with van der Waals surface area (Å²) in [5.74, 6) is 0.0352. The maximum absolute atomic E-state index is 12.2. The summed E-state index contributed by atoms with van der Waals surface area (Å²) >= 11 is 0. The molecule has 1 atom stereocenters. The molecule has 2 aliphatic carbocycles. The highest BCUT2D eigenvalue weighted by Crippen LogP contribution is 2.45. The monoisotopic (exact) mass is 236 g/mol. The number of esters is 1. The molecule has 0 spiro atoms. The molecule has 0 aromatic carbocycles. The predicted octanol–water partition coefficient (Wildman–Crippen LogP) is 2.79. The van der Waals surface area contributed by atoms with Crippen LogP contribution in [0.25, 0.3) is 0 Å². The van der Waals surface area contributed by atoms with Crippen molar-refractivity contribution in [2.45, 2.75) is 51.4 Å². The maximum Gasteiger partial charge on any atom is 0.315 e. The molecule has 2 aliphatic rings. The van der Waals surface area contributed by atoms with Gasteiger partial charge in [0.1, 0.15) is 0 Å². The van der Waals surface area contributed by atoms with Gasteiger partial charge >= 0.3 is 5.97 Å². The van der Waals surface area contributed by atoms with E-state index in [4.69, 9.17) is 4.74 Å². The molecule has 1 unspecified atom stereocenters. The molecule has 0 N–H and O–H groups in total. The molecular formula is C14H20O3. The molecule has 0 saturated heterocycles. The molecule has 0 aromatic rings. The van der Waals surface area contributed by atoms with Gasteiger partial charge in [0.2, 0.25) is 0 Å². The van der Waals surface area contributed by atoms with E-state index in [-0.39, 0.29) is 11.8 Å². The summed E-state index contributed by atoms with van der Waals surface area (Å²) in [7, 11) is 1.45. The van der Waals surface area contributed by atoms with Crippen LogP contribution >= 0.6 is 0 Å². The highest BCUT2D eigenvalue weighted by molar-refractivity contribution is 5.93. The number of rotatable bonds is 1. The van der Waals surface area contributed by atoms with Gasteiger partial charge in [-0.1, -0.05) is 12.8 Å². The molecule has 0 aromatic heterocycles. The van der Waals surface area contributed by atoms with Crippen molar-refractivity contribution in [3.8, 4) is 0 Å². The van der Waals surface area contributed by atoms with Crippen LogP contribution in [0.4, 0.5) is 0 Å². The van der Waals surface area contributed by atoms with Crippen molar-refractivity contribution in [1.29, 1.82) is 0 Å². The number of ketones is 1. The van der Waals surface area contributed by atoms with Gasteiger partial charge in [0.25, 0.3) is 0 Å². The SMILES string of the molecule is COC(=O)C12CCCCCC1=CC(=O)CCC2. The van der Waals surface area contributed by atoms with Gasteiger partial charge in [-0.05, 0) is 43.8 Å². The lowest BCUT2D eigenvalue weighted by atomic mass is 9.73. The predicted molar refractivity (Wildman–Crippen MR) is 64.5 cm³/mol. The Morgan fingerprint density at radius 2 is 1.94 bits per heavy atom. The van der Waals surface area contributed by atoms with Gasteiger partial charge in [0, 0.05) is 6.42 Å². The maximum atomic E-state index is 12.2. The van der Waals surface area contributed by atoms with Crippen LogP contribution < -0.4 is 0 Å². The fourth-order valence-electron chi connectivity index (χ4n) is 3.18. The van der Waals surface area contributed by atoms with E-state index in [2.05, 4.69) is 0 Å². The zero-order valence-corrected chi connectivity index (χ0v) is 10.5. The molecule has 0 aliphatic heterocycles. The second-order valence-corrected chi connectivity index (χ2v) is 5.12. The first kappa shape index (κ1) is 12.3. The Hall–Kier alpha value is -1.12. The summed E-state index contributed by atoms with van der Waals surface area (Å²) in [5, 5.41) is 0. The number of carbonyl (C=O) groups is 2. The molecule has 3 heteroatoms. The fourth-order valence-corrected chi connectivity index (χ4v) is 3.18. The van der Waals surface area contributed by atoms with Crippen LogP contribution in [-0.4, -0.2) is 18.9 Å². The van der Waals surface area contributed by atoms with Crippen LogP contribution in [0.3, 0.4) is 0 Å². The van der Waals surface area contributed by atoms with Gasteiger partial charge in [-0.15, -0.1) is 0 Å². The normalized spacial score (nSPS) is 29.7. The number of ether oxygens (including phenoxy) is 1. The zero-order chi connectivity index (χ0) is 12.3. The van der Waals surface area contributed by atoms with Crippen LogP contribution in [0.1, 0.15) is 51.4 Å². The highest BCUT2D eigenvalue weighted by atomic mass is 16.5. The summed E-state index contributed by atoms with van der Waals surface area (Å²) in [6.45, 7) is 0. The summed E-state index contributed by atoms with van der Waals surface area (Å²) in [5.41, 5.74) is 0.543. The lowest BCUT2D eigenvalue weighted by Crippen LogP contribution is -2.33. The molecule has 3 nitrogen and oxygen atoms in total. The second kappa shape index (κ2) is 5.03. The Morgan fingerprint density at radius 3 is 2.71 bits per heavy atom. The molecule has 2 rings (SSSR count). The first-order valence-corrected chi connectivity index (χ1v) is 6.51. The van der Waals surface area contributed by atoms with E-state index in [0.29, 0.717) is 6.42 Å². The quantitative estimate of drug-likeness (QED) is 0.657. The molecule has 17 heavy (non-hydrogen) atoms. The minimum absolute atomic E-state index is 0.139. The summed E-state index contributed by atoms with van der Waals surface area (Å²) in [6, 6.07) is 0. The van der Waals surface area contributed by atoms with Crippen molar-refractivity contribution in [3.05, 3.63) is 11.6 Å². The topological polar surface area (TPSA) is 43.4 Å². The van der Waals surface area contributed by atoms with E-state index in [1.54, 1.807) is 6.08 Å². The van der Waals surface area contributed by atoms with Crippen LogP contribution in [0.5, 0.6) is 0 Å². The van der Waals surface area contributed by atoms with Crippen molar-refractivity contribution in [2.75, 3.05) is 7.11 Å². The third-order valence-corrected chi connectivity index (χ3v) is 4.10. The Kier molecular flexibility index (Phi) is 3.65. The molecule has 1 fully saturated rings. The molecule has 94 valence electrons. The largest absolute Gasteiger partial charge is 0.468 e. The average Bonchev–Trinajstić information content (AvgIpc) is 2.60. The molecule has 0 heterocycles. The minimum Gasteiger partial charge on any atom is -0.468 e. The van der Waals surface area contributed by atoms with E-state index >= 15 is 0 Å². The number of hydrogen-bond acceptors (Lipinski definition) is 3. The van der Waals surface area contributed by atoms with Crippen LogP contribution in [0.2, 0.25) is 0 Å². The molecule has 1 saturated carbocycles. The van der Waals surface area contributed by atoms with Crippen LogP contribution in [0.15, 0.2) is 11.6 Å². The smallest absolute Gasteiger partial charge is 0.315 e. The van der Waals surface area contributed by atoms with Gasteiger partial charge in [-0.2, -0.15) is 0 Å². The van der Waals surface area contributed by atoms with Gasteiger partial charge in [-0.3, -0.25) is 9.59 Å². The number of fused-ring (bicyclic) bond motifs is 1. The molecular weight excluding hydrogens is 216 g/mol. The first-order valence-electron chi connectivity index (χ1n) is 6.51. The minimum atomic E-state index is -0.489. The lowest BCUT2D eigenvalue weighted by Gasteiger charge is -2.31. The van der Waals surface area contributed by atoms with E-state index in [1.807, 2.05) is 0 Å². The molecule has 0 amide bonds. The summed E-state index contributed by atoms with van der Waals surface area (Å²) in [6.07, 6.45) is 8.88. The second-order valence-electron chi connectivity index (χ2n) is 5.12. The van der Waals surface area contributed by atoms with E-state index in [9.17, 15) is 9.59 Å². The highest BCUT2D eigenvalue weighted by Gasteiger charge is 2.44. The van der Waals surface area contributed by atoms with Crippen molar-refractivity contribution in [1.82, 2.24) is 0 Å². The zero-order valence-electron chi connectivity index (χ0n) is 10.5. The van der Waals surface area contributed by atoms with Crippen molar-refractivity contribution < 1.29 is 14.3 Å². The Bertz CT molecular complexity index is 352. The molecule has 0 radical (unpaired) electrons.